The normalized spacial score (nSPS) is 29.5. The van der Waals surface area contributed by atoms with E-state index in [-0.39, 0.29) is 24.8 Å². The lowest BCUT2D eigenvalue weighted by Gasteiger charge is -2.46. The molecule has 2 atom stereocenters. The van der Waals surface area contributed by atoms with Gasteiger partial charge in [0.25, 0.3) is 0 Å². The quantitative estimate of drug-likeness (QED) is 0.591. The molecule has 2 N–H and O–H groups in total. The lowest BCUT2D eigenvalue weighted by molar-refractivity contribution is -0.210. The van der Waals surface area contributed by atoms with Crippen molar-refractivity contribution >= 4 is 17.9 Å². The van der Waals surface area contributed by atoms with Gasteiger partial charge in [-0.25, -0.2) is 9.59 Å². The Morgan fingerprint density at radius 1 is 1.15 bits per heavy atom. The Kier molecular flexibility index (Phi) is 4.57. The molecule has 0 radical (unpaired) electrons. The van der Waals surface area contributed by atoms with E-state index in [1.165, 1.54) is 6.92 Å². The highest BCUT2D eigenvalue weighted by atomic mass is 16.6. The lowest BCUT2D eigenvalue weighted by Crippen LogP contribution is -2.62. The molecule has 1 saturated carbocycles. The summed E-state index contributed by atoms with van der Waals surface area (Å²) in [7, 11) is 0. The molecule has 2 unspecified atom stereocenters. The van der Waals surface area contributed by atoms with Crippen LogP contribution in [0.1, 0.15) is 46.0 Å². The van der Waals surface area contributed by atoms with Crippen LogP contribution in [0.2, 0.25) is 0 Å². The zero-order valence-electron chi connectivity index (χ0n) is 11.8. The molecule has 112 valence electrons. The molecule has 0 aromatic heterocycles. The monoisotopic (exact) mass is 284 g/mol. The van der Waals surface area contributed by atoms with Crippen molar-refractivity contribution < 1.29 is 29.3 Å². The van der Waals surface area contributed by atoms with E-state index < -0.39 is 28.9 Å². The fourth-order valence-corrected chi connectivity index (χ4v) is 2.88. The van der Waals surface area contributed by atoms with Gasteiger partial charge in [-0.3, -0.25) is 4.79 Å². The SMILES string of the molecule is C=C(C)C(=O)OC1(C(=O)O)CCCCC1(CC)C(=O)O. The Balaban J connectivity index is 3.38. The second-order valence-electron chi connectivity index (χ2n) is 5.25. The highest BCUT2D eigenvalue weighted by molar-refractivity contribution is 5.94. The molecule has 1 rings (SSSR count). The molecule has 0 aromatic rings. The van der Waals surface area contributed by atoms with Crippen LogP contribution in [0.3, 0.4) is 0 Å². The van der Waals surface area contributed by atoms with E-state index >= 15 is 0 Å². The van der Waals surface area contributed by atoms with Crippen molar-refractivity contribution in [3.8, 4) is 0 Å². The van der Waals surface area contributed by atoms with Crippen molar-refractivity contribution in [2.24, 2.45) is 5.41 Å². The van der Waals surface area contributed by atoms with Gasteiger partial charge in [-0.1, -0.05) is 19.9 Å². The minimum absolute atomic E-state index is 0.00148. The second-order valence-corrected chi connectivity index (χ2v) is 5.25. The van der Waals surface area contributed by atoms with Crippen LogP contribution in [0.25, 0.3) is 0 Å². The molecule has 0 aliphatic heterocycles. The maximum atomic E-state index is 11.8. The van der Waals surface area contributed by atoms with E-state index in [2.05, 4.69) is 6.58 Å². The molecule has 0 saturated heterocycles. The van der Waals surface area contributed by atoms with Crippen molar-refractivity contribution in [2.45, 2.75) is 51.6 Å². The van der Waals surface area contributed by atoms with Crippen molar-refractivity contribution in [2.75, 3.05) is 0 Å². The molecule has 1 fully saturated rings. The van der Waals surface area contributed by atoms with E-state index in [0.29, 0.717) is 12.8 Å². The first kappa shape index (κ1) is 16.2. The van der Waals surface area contributed by atoms with Crippen molar-refractivity contribution in [3.63, 3.8) is 0 Å². The number of esters is 1. The number of rotatable bonds is 5. The van der Waals surface area contributed by atoms with Crippen LogP contribution in [0.15, 0.2) is 12.2 Å². The number of carboxylic acid groups (broad SMARTS) is 2. The standard InChI is InChI=1S/C14H20O6/c1-4-13(11(16)17)7-5-6-8-14(13,12(18)19)20-10(15)9(2)3/h2,4-8H2,1,3H3,(H,16,17)(H,18,19). The summed E-state index contributed by atoms with van der Waals surface area (Å²) in [5, 5.41) is 19.1. The van der Waals surface area contributed by atoms with Crippen LogP contribution in [0.4, 0.5) is 0 Å². The van der Waals surface area contributed by atoms with Gasteiger partial charge >= 0.3 is 17.9 Å². The minimum Gasteiger partial charge on any atom is -0.481 e. The first-order valence-corrected chi connectivity index (χ1v) is 6.59. The number of carbonyl (C=O) groups is 3. The van der Waals surface area contributed by atoms with E-state index in [1.54, 1.807) is 6.92 Å². The number of carbonyl (C=O) groups excluding carboxylic acids is 1. The van der Waals surface area contributed by atoms with Crippen LogP contribution in [-0.2, 0) is 19.1 Å². The molecule has 0 bridgehead atoms. The third-order valence-corrected chi connectivity index (χ3v) is 4.13. The predicted octanol–water partition coefficient (Wildman–Crippen LogP) is 1.98. The fraction of sp³-hybridized carbons (Fsp3) is 0.643. The fourth-order valence-electron chi connectivity index (χ4n) is 2.88. The van der Waals surface area contributed by atoms with Crippen LogP contribution in [0, 0.1) is 5.41 Å². The zero-order valence-corrected chi connectivity index (χ0v) is 11.8. The maximum absolute atomic E-state index is 11.8. The Hall–Kier alpha value is -1.85. The molecular weight excluding hydrogens is 264 g/mol. The van der Waals surface area contributed by atoms with Gasteiger partial charge in [-0.15, -0.1) is 0 Å². The van der Waals surface area contributed by atoms with Crippen molar-refractivity contribution in [1.82, 2.24) is 0 Å². The summed E-state index contributed by atoms with van der Waals surface area (Å²) in [5.41, 5.74) is -3.57. The minimum atomic E-state index is -2.03. The van der Waals surface area contributed by atoms with E-state index in [1.807, 2.05) is 0 Å². The highest BCUT2D eigenvalue weighted by Crippen LogP contribution is 2.50. The third-order valence-electron chi connectivity index (χ3n) is 4.13. The number of hydrogen-bond donors (Lipinski definition) is 2. The third kappa shape index (κ3) is 2.30. The molecule has 6 nitrogen and oxygen atoms in total. The predicted molar refractivity (Wildman–Crippen MR) is 70.1 cm³/mol. The Labute approximate surface area is 117 Å². The van der Waals surface area contributed by atoms with Gasteiger partial charge in [-0.05, 0) is 32.6 Å². The smallest absolute Gasteiger partial charge is 0.349 e. The van der Waals surface area contributed by atoms with Gasteiger partial charge in [0.05, 0.1) is 0 Å². The van der Waals surface area contributed by atoms with Crippen LogP contribution >= 0.6 is 0 Å². The maximum Gasteiger partial charge on any atom is 0.349 e. The number of carboxylic acids is 2. The average Bonchev–Trinajstić information content (AvgIpc) is 2.38. The van der Waals surface area contributed by atoms with Crippen LogP contribution in [0.5, 0.6) is 0 Å². The molecule has 6 heteroatoms. The summed E-state index contributed by atoms with van der Waals surface area (Å²) >= 11 is 0. The summed E-state index contributed by atoms with van der Waals surface area (Å²) < 4.78 is 5.15. The van der Waals surface area contributed by atoms with Gasteiger partial charge in [0.15, 0.2) is 0 Å². The molecule has 0 heterocycles. The molecule has 0 spiro atoms. The van der Waals surface area contributed by atoms with Gasteiger partial charge in [0.1, 0.15) is 5.41 Å². The zero-order chi connectivity index (χ0) is 15.6. The molecular formula is C14H20O6. The van der Waals surface area contributed by atoms with Crippen molar-refractivity contribution in [3.05, 3.63) is 12.2 Å². The molecule has 20 heavy (non-hydrogen) atoms. The first-order chi connectivity index (χ1) is 9.23. The van der Waals surface area contributed by atoms with Crippen molar-refractivity contribution in [1.29, 1.82) is 0 Å². The first-order valence-electron chi connectivity index (χ1n) is 6.59. The largest absolute Gasteiger partial charge is 0.481 e. The van der Waals surface area contributed by atoms with E-state index in [9.17, 15) is 24.6 Å². The Bertz CT molecular complexity index is 455. The topological polar surface area (TPSA) is 101 Å². The van der Waals surface area contributed by atoms with Gasteiger partial charge < -0.3 is 14.9 Å². The van der Waals surface area contributed by atoms with Gasteiger partial charge in [-0.2, -0.15) is 0 Å². The molecule has 0 aromatic carbocycles. The average molecular weight is 284 g/mol. The summed E-state index contributed by atoms with van der Waals surface area (Å²) in [4.78, 5) is 35.2. The van der Waals surface area contributed by atoms with E-state index in [4.69, 9.17) is 4.74 Å². The Morgan fingerprint density at radius 3 is 2.10 bits per heavy atom. The molecule has 1 aliphatic rings. The number of ether oxygens (including phenoxy) is 1. The lowest BCUT2D eigenvalue weighted by atomic mass is 9.61. The summed E-state index contributed by atoms with van der Waals surface area (Å²) in [6.45, 7) is 6.42. The molecule has 1 aliphatic carbocycles. The number of hydrogen-bond acceptors (Lipinski definition) is 4. The van der Waals surface area contributed by atoms with Gasteiger partial charge in [0, 0.05) is 5.57 Å². The Morgan fingerprint density at radius 2 is 1.70 bits per heavy atom. The van der Waals surface area contributed by atoms with Gasteiger partial charge in [0.2, 0.25) is 5.60 Å². The number of aliphatic carboxylic acids is 2. The van der Waals surface area contributed by atoms with E-state index in [0.717, 1.165) is 0 Å². The second kappa shape index (κ2) is 5.64. The van der Waals surface area contributed by atoms with Crippen LogP contribution in [-0.4, -0.2) is 33.7 Å². The summed E-state index contributed by atoms with van der Waals surface area (Å²) in [6.07, 6.45) is 1.36. The van der Waals surface area contributed by atoms with Crippen LogP contribution < -0.4 is 0 Å². The summed E-state index contributed by atoms with van der Waals surface area (Å²) in [6, 6.07) is 0. The summed E-state index contributed by atoms with van der Waals surface area (Å²) in [5.74, 6) is -3.51. The highest BCUT2D eigenvalue weighted by Gasteiger charge is 2.64. The molecule has 0 amide bonds.